The van der Waals surface area contributed by atoms with E-state index < -0.39 is 0 Å². The Morgan fingerprint density at radius 3 is 2.74 bits per heavy atom. The second-order valence-electron chi connectivity index (χ2n) is 9.41. The van der Waals surface area contributed by atoms with Crippen molar-refractivity contribution < 1.29 is 19.4 Å². The minimum absolute atomic E-state index is 0.0304. The molecule has 1 amide bonds. The first-order valence-corrected chi connectivity index (χ1v) is 11.5. The predicted molar refractivity (Wildman–Crippen MR) is 119 cm³/mol. The number of hydrogen-bond donors (Lipinski definition) is 1. The third-order valence-corrected chi connectivity index (χ3v) is 7.27. The summed E-state index contributed by atoms with van der Waals surface area (Å²) in [5, 5.41) is 9.68. The van der Waals surface area contributed by atoms with Crippen LogP contribution in [0, 0.1) is 5.92 Å². The molecule has 1 saturated heterocycles. The van der Waals surface area contributed by atoms with Crippen molar-refractivity contribution in [2.45, 2.75) is 57.0 Å². The number of rotatable bonds is 5. The molecule has 0 spiro atoms. The van der Waals surface area contributed by atoms with Crippen molar-refractivity contribution in [3.63, 3.8) is 0 Å². The highest BCUT2D eigenvalue weighted by Gasteiger charge is 2.30. The molecule has 31 heavy (non-hydrogen) atoms. The molecule has 2 aromatic carbocycles. The van der Waals surface area contributed by atoms with Gasteiger partial charge in [0.1, 0.15) is 0 Å². The number of benzene rings is 2. The fourth-order valence-corrected chi connectivity index (χ4v) is 5.57. The monoisotopic (exact) mass is 421 g/mol. The molecule has 164 valence electrons. The van der Waals surface area contributed by atoms with E-state index in [1.165, 1.54) is 30.4 Å². The van der Waals surface area contributed by atoms with Crippen LogP contribution in [0.25, 0.3) is 0 Å². The summed E-state index contributed by atoms with van der Waals surface area (Å²) in [4.78, 5) is 14.4. The normalized spacial score (nSPS) is 25.7. The number of likely N-dealkylation sites (tertiary alicyclic amines) is 1. The van der Waals surface area contributed by atoms with E-state index in [9.17, 15) is 9.90 Å². The van der Waals surface area contributed by atoms with Gasteiger partial charge in [-0.1, -0.05) is 31.2 Å². The molecule has 0 aromatic heterocycles. The van der Waals surface area contributed by atoms with Crippen molar-refractivity contribution in [2.24, 2.45) is 5.92 Å². The van der Waals surface area contributed by atoms with Gasteiger partial charge in [-0.3, -0.25) is 4.79 Å². The van der Waals surface area contributed by atoms with Gasteiger partial charge < -0.3 is 19.5 Å². The number of aliphatic hydroxyl groups is 1. The molecule has 3 aliphatic rings. The van der Waals surface area contributed by atoms with Crippen LogP contribution in [0.2, 0.25) is 0 Å². The Balaban J connectivity index is 1.19. The molecule has 2 heterocycles. The number of nitrogens with zero attached hydrogens (tertiary/aromatic N) is 1. The van der Waals surface area contributed by atoms with Gasteiger partial charge in [-0.05, 0) is 73.6 Å². The first-order valence-electron chi connectivity index (χ1n) is 11.5. The molecule has 4 atom stereocenters. The van der Waals surface area contributed by atoms with Crippen LogP contribution in [-0.4, -0.2) is 41.9 Å². The molecule has 0 bridgehead atoms. The number of para-hydroxylation sites is 1. The zero-order valence-corrected chi connectivity index (χ0v) is 18.1. The highest BCUT2D eigenvalue weighted by atomic mass is 16.7. The van der Waals surface area contributed by atoms with E-state index in [4.69, 9.17) is 9.47 Å². The van der Waals surface area contributed by atoms with E-state index in [2.05, 4.69) is 31.2 Å². The van der Waals surface area contributed by atoms with Gasteiger partial charge in [0.15, 0.2) is 11.5 Å². The molecule has 5 heteroatoms. The Kier molecular flexibility index (Phi) is 5.61. The lowest BCUT2D eigenvalue weighted by molar-refractivity contribution is 0.0765. The van der Waals surface area contributed by atoms with E-state index in [1.54, 1.807) is 4.90 Å². The van der Waals surface area contributed by atoms with Gasteiger partial charge in [0.05, 0.1) is 6.10 Å². The summed E-state index contributed by atoms with van der Waals surface area (Å²) in [5.41, 5.74) is 3.32. The summed E-state index contributed by atoms with van der Waals surface area (Å²) in [5.74, 6) is 3.53. The van der Waals surface area contributed by atoms with Crippen LogP contribution in [-0.2, 0) is 0 Å². The first-order chi connectivity index (χ1) is 15.1. The maximum absolute atomic E-state index is 12.6. The topological polar surface area (TPSA) is 59.0 Å². The zero-order valence-electron chi connectivity index (χ0n) is 18.1. The molecule has 1 saturated carbocycles. The van der Waals surface area contributed by atoms with Crippen molar-refractivity contribution in [2.75, 3.05) is 19.9 Å². The molecule has 0 unspecified atom stereocenters. The molecule has 2 fully saturated rings. The molecular formula is C26H31NO4. The quantitative estimate of drug-likeness (QED) is 0.760. The van der Waals surface area contributed by atoms with Crippen LogP contribution in [0.5, 0.6) is 11.5 Å². The fourth-order valence-electron chi connectivity index (χ4n) is 5.57. The standard InChI is InChI=1S/C26H31NO4/c1-17(23-3-2-4-24-25(23)31-16-30-24)13-18-5-6-21(14-18)19-7-9-20(10-8-19)26(29)27-12-11-22(28)15-27/h2-4,7-10,17-18,21-22,28H,5-6,11-16H2,1H3/t17-,18+,21+,22-/m0/s1. The number of carbonyl (C=O) groups excluding carboxylic acids is 1. The molecule has 2 aromatic rings. The molecule has 1 N–H and O–H groups in total. The summed E-state index contributed by atoms with van der Waals surface area (Å²) >= 11 is 0. The smallest absolute Gasteiger partial charge is 0.253 e. The summed E-state index contributed by atoms with van der Waals surface area (Å²) in [6.45, 7) is 3.71. The minimum atomic E-state index is -0.378. The molecule has 5 nitrogen and oxygen atoms in total. The third kappa shape index (κ3) is 4.16. The lowest BCUT2D eigenvalue weighted by Gasteiger charge is -2.19. The molecular weight excluding hydrogens is 390 g/mol. The van der Waals surface area contributed by atoms with E-state index in [-0.39, 0.29) is 12.0 Å². The average Bonchev–Trinajstić information content (AvgIpc) is 3.54. The number of carbonyl (C=O) groups is 1. The van der Waals surface area contributed by atoms with E-state index >= 15 is 0 Å². The van der Waals surface area contributed by atoms with E-state index in [0.29, 0.717) is 44.1 Å². The SMILES string of the molecule is C[C@@H](C[C@H]1CC[C@@H](c2ccc(C(=O)N3CC[C@H](O)C3)cc2)C1)c1cccc2c1OCO2. The second-order valence-corrected chi connectivity index (χ2v) is 9.41. The van der Waals surface area contributed by atoms with Crippen molar-refractivity contribution in [3.8, 4) is 11.5 Å². The average molecular weight is 422 g/mol. The van der Waals surface area contributed by atoms with Crippen LogP contribution in [0.1, 0.15) is 72.3 Å². The Labute approximate surface area is 184 Å². The Morgan fingerprint density at radius 1 is 1.13 bits per heavy atom. The third-order valence-electron chi connectivity index (χ3n) is 7.27. The van der Waals surface area contributed by atoms with E-state index in [0.717, 1.165) is 23.5 Å². The maximum atomic E-state index is 12.6. The van der Waals surface area contributed by atoms with Crippen LogP contribution in [0.4, 0.5) is 0 Å². The van der Waals surface area contributed by atoms with Gasteiger partial charge in [0, 0.05) is 24.2 Å². The van der Waals surface area contributed by atoms with Crippen molar-refractivity contribution in [1.82, 2.24) is 4.90 Å². The lowest BCUT2D eigenvalue weighted by Crippen LogP contribution is -2.29. The highest BCUT2D eigenvalue weighted by Crippen LogP contribution is 2.45. The predicted octanol–water partition coefficient (Wildman–Crippen LogP) is 4.70. The number of β-amino-alcohol motifs (C(OH)–C–C–N with tert-alkyl or cyclic N) is 1. The number of amides is 1. The van der Waals surface area contributed by atoms with E-state index in [1.807, 2.05) is 18.2 Å². The number of ether oxygens (including phenoxy) is 2. The molecule has 1 aliphatic carbocycles. The Bertz CT molecular complexity index is 941. The molecule has 0 radical (unpaired) electrons. The first kappa shape index (κ1) is 20.4. The zero-order chi connectivity index (χ0) is 21.4. The lowest BCUT2D eigenvalue weighted by atomic mass is 9.87. The Morgan fingerprint density at radius 2 is 1.97 bits per heavy atom. The van der Waals surface area contributed by atoms with Crippen LogP contribution >= 0.6 is 0 Å². The highest BCUT2D eigenvalue weighted by molar-refractivity contribution is 5.94. The largest absolute Gasteiger partial charge is 0.454 e. The summed E-state index contributed by atoms with van der Waals surface area (Å²) in [7, 11) is 0. The summed E-state index contributed by atoms with van der Waals surface area (Å²) in [6.07, 6.45) is 5.10. The Hall–Kier alpha value is -2.53. The summed E-state index contributed by atoms with van der Waals surface area (Å²) in [6, 6.07) is 14.4. The van der Waals surface area contributed by atoms with Crippen molar-refractivity contribution in [1.29, 1.82) is 0 Å². The maximum Gasteiger partial charge on any atom is 0.253 e. The second kappa shape index (κ2) is 8.54. The fraction of sp³-hybridized carbons (Fsp3) is 0.500. The van der Waals surface area contributed by atoms with Gasteiger partial charge in [0.25, 0.3) is 5.91 Å². The van der Waals surface area contributed by atoms with Crippen molar-refractivity contribution >= 4 is 5.91 Å². The number of aliphatic hydroxyl groups excluding tert-OH is 1. The minimum Gasteiger partial charge on any atom is -0.454 e. The number of hydrogen-bond acceptors (Lipinski definition) is 4. The molecule has 2 aliphatic heterocycles. The number of fused-ring (bicyclic) bond motifs is 1. The van der Waals surface area contributed by atoms with Gasteiger partial charge in [-0.25, -0.2) is 0 Å². The van der Waals surface area contributed by atoms with Crippen LogP contribution in [0.3, 0.4) is 0 Å². The van der Waals surface area contributed by atoms with Gasteiger partial charge in [-0.2, -0.15) is 0 Å². The van der Waals surface area contributed by atoms with Crippen molar-refractivity contribution in [3.05, 3.63) is 59.2 Å². The summed E-state index contributed by atoms with van der Waals surface area (Å²) < 4.78 is 11.2. The van der Waals surface area contributed by atoms with Gasteiger partial charge in [0.2, 0.25) is 6.79 Å². The van der Waals surface area contributed by atoms with Gasteiger partial charge >= 0.3 is 0 Å². The molecule has 5 rings (SSSR count). The van der Waals surface area contributed by atoms with Crippen LogP contribution < -0.4 is 9.47 Å². The van der Waals surface area contributed by atoms with Crippen LogP contribution in [0.15, 0.2) is 42.5 Å². The van der Waals surface area contributed by atoms with Gasteiger partial charge in [-0.15, -0.1) is 0 Å².